The van der Waals surface area contributed by atoms with Gasteiger partial charge < -0.3 is 4.74 Å². The van der Waals surface area contributed by atoms with Gasteiger partial charge in [-0.05, 0) is 45.0 Å². The molecule has 2 aromatic rings. The molecule has 0 saturated heterocycles. The van der Waals surface area contributed by atoms with Gasteiger partial charge in [0.1, 0.15) is 17.7 Å². The third kappa shape index (κ3) is 3.37. The molecule has 0 atom stereocenters. The maximum Gasteiger partial charge on any atom is 0.418 e. The van der Waals surface area contributed by atoms with Crippen LogP contribution in [0.1, 0.15) is 31.1 Å². The van der Waals surface area contributed by atoms with Crippen LogP contribution < -0.4 is 0 Å². The second-order valence-electron chi connectivity index (χ2n) is 5.60. The highest BCUT2D eigenvalue weighted by atomic mass is 19.1. The van der Waals surface area contributed by atoms with Crippen molar-refractivity contribution in [1.29, 1.82) is 0 Å². The summed E-state index contributed by atoms with van der Waals surface area (Å²) in [6.45, 7) is 5.27. The van der Waals surface area contributed by atoms with Gasteiger partial charge in [-0.25, -0.2) is 9.18 Å². The molecule has 5 heteroatoms. The average Bonchev–Trinajstić information content (AvgIpc) is 2.85. The van der Waals surface area contributed by atoms with E-state index in [0.29, 0.717) is 12.0 Å². The Morgan fingerprint density at radius 2 is 2.00 bits per heavy atom. The van der Waals surface area contributed by atoms with E-state index in [2.05, 4.69) is 0 Å². The predicted octanol–water partition coefficient (Wildman–Crippen LogP) is 3.89. The summed E-state index contributed by atoms with van der Waals surface area (Å²) in [6, 6.07) is 7.34. The number of carbonyl (C=O) groups excluding carboxylic acids is 2. The van der Waals surface area contributed by atoms with Crippen LogP contribution in [0.25, 0.3) is 11.3 Å². The van der Waals surface area contributed by atoms with E-state index in [1.807, 2.05) is 0 Å². The maximum absolute atomic E-state index is 14.1. The normalized spacial score (nSPS) is 11.2. The molecule has 0 N–H and O–H groups in total. The molecule has 0 saturated carbocycles. The molecule has 0 radical (unpaired) electrons. The molecule has 2 rings (SSSR count). The first-order valence-corrected chi connectivity index (χ1v) is 6.47. The zero-order chi connectivity index (χ0) is 15.6. The second kappa shape index (κ2) is 5.52. The minimum atomic E-state index is -0.640. The monoisotopic (exact) mass is 289 g/mol. The molecule has 0 bridgehead atoms. The van der Waals surface area contributed by atoms with E-state index in [4.69, 9.17) is 4.74 Å². The van der Waals surface area contributed by atoms with Crippen molar-refractivity contribution in [1.82, 2.24) is 4.57 Å². The lowest BCUT2D eigenvalue weighted by Crippen LogP contribution is -2.27. The summed E-state index contributed by atoms with van der Waals surface area (Å²) in [5.74, 6) is -0.567. The van der Waals surface area contributed by atoms with Gasteiger partial charge in [0.2, 0.25) is 0 Å². The van der Waals surface area contributed by atoms with Crippen LogP contribution in [0.4, 0.5) is 9.18 Å². The first-order valence-electron chi connectivity index (χ1n) is 6.47. The van der Waals surface area contributed by atoms with Crippen LogP contribution in [0.15, 0.2) is 36.5 Å². The Kier molecular flexibility index (Phi) is 3.93. The molecule has 0 spiro atoms. The summed E-state index contributed by atoms with van der Waals surface area (Å²) in [6.07, 6.45) is 1.50. The Labute approximate surface area is 122 Å². The molecule has 1 aromatic heterocycles. The summed E-state index contributed by atoms with van der Waals surface area (Å²) in [7, 11) is 0. The van der Waals surface area contributed by atoms with Crippen LogP contribution in [-0.2, 0) is 4.74 Å². The fourth-order valence-corrected chi connectivity index (χ4v) is 1.88. The number of ether oxygens (including phenoxy) is 1. The number of halogens is 1. The molecule has 0 aliphatic rings. The van der Waals surface area contributed by atoms with Gasteiger partial charge in [-0.2, -0.15) is 0 Å². The summed E-state index contributed by atoms with van der Waals surface area (Å²) in [4.78, 5) is 22.8. The first-order chi connectivity index (χ1) is 9.81. The highest BCUT2D eigenvalue weighted by Crippen LogP contribution is 2.25. The molecule has 21 heavy (non-hydrogen) atoms. The van der Waals surface area contributed by atoms with Crippen molar-refractivity contribution in [2.45, 2.75) is 26.4 Å². The summed E-state index contributed by atoms with van der Waals surface area (Å²) in [5.41, 5.74) is 0.209. The number of hydrogen-bond donors (Lipinski definition) is 0. The predicted molar refractivity (Wildman–Crippen MR) is 76.8 cm³/mol. The molecular weight excluding hydrogens is 273 g/mol. The van der Waals surface area contributed by atoms with Crippen LogP contribution in [0.3, 0.4) is 0 Å². The van der Waals surface area contributed by atoms with Crippen molar-refractivity contribution < 1.29 is 18.7 Å². The van der Waals surface area contributed by atoms with Crippen molar-refractivity contribution in [3.63, 3.8) is 0 Å². The fourth-order valence-electron chi connectivity index (χ4n) is 1.88. The van der Waals surface area contributed by atoms with Crippen LogP contribution >= 0.6 is 0 Å². The number of aldehydes is 1. The van der Waals surface area contributed by atoms with Crippen molar-refractivity contribution in [2.24, 2.45) is 0 Å². The lowest BCUT2D eigenvalue weighted by atomic mass is 10.1. The number of nitrogens with zero attached hydrogens (tertiary/aromatic N) is 1. The second-order valence-corrected chi connectivity index (χ2v) is 5.60. The third-order valence-electron chi connectivity index (χ3n) is 2.74. The lowest BCUT2D eigenvalue weighted by molar-refractivity contribution is 0.0540. The van der Waals surface area contributed by atoms with Crippen LogP contribution in [-0.4, -0.2) is 22.5 Å². The van der Waals surface area contributed by atoms with Gasteiger partial charge in [-0.15, -0.1) is 0 Å². The van der Waals surface area contributed by atoms with E-state index >= 15 is 0 Å². The van der Waals surface area contributed by atoms with Gasteiger partial charge in [0, 0.05) is 17.3 Å². The topological polar surface area (TPSA) is 48.3 Å². The fraction of sp³-hybridized carbons (Fsp3) is 0.250. The Balaban J connectivity index is 2.41. The van der Waals surface area contributed by atoms with Gasteiger partial charge in [-0.3, -0.25) is 9.36 Å². The maximum atomic E-state index is 14.1. The molecule has 1 heterocycles. The standard InChI is InChI=1S/C16H16FNO3/c1-16(2,3)21-15(20)18-8-4-5-14(18)12-7-6-11(10-19)9-13(12)17/h4-10H,1-3H3. The number of aromatic nitrogens is 1. The highest BCUT2D eigenvalue weighted by Gasteiger charge is 2.20. The number of carbonyl (C=O) groups is 2. The molecule has 110 valence electrons. The molecule has 4 nitrogen and oxygen atoms in total. The van der Waals surface area contributed by atoms with Crippen molar-refractivity contribution in [2.75, 3.05) is 0 Å². The molecular formula is C16H16FNO3. The SMILES string of the molecule is CC(C)(C)OC(=O)n1cccc1-c1ccc(C=O)cc1F. The molecule has 0 unspecified atom stereocenters. The summed E-state index contributed by atoms with van der Waals surface area (Å²) < 4.78 is 20.6. The Hall–Kier alpha value is -2.43. The van der Waals surface area contributed by atoms with Crippen molar-refractivity contribution in [3.05, 3.63) is 47.9 Å². The molecule has 0 fully saturated rings. The smallest absolute Gasteiger partial charge is 0.418 e. The lowest BCUT2D eigenvalue weighted by Gasteiger charge is -2.20. The van der Waals surface area contributed by atoms with Gasteiger partial charge >= 0.3 is 6.09 Å². The largest absolute Gasteiger partial charge is 0.443 e. The Morgan fingerprint density at radius 3 is 2.57 bits per heavy atom. The molecule has 1 aromatic carbocycles. The Morgan fingerprint density at radius 1 is 1.29 bits per heavy atom. The van der Waals surface area contributed by atoms with Crippen LogP contribution in [0.2, 0.25) is 0 Å². The first kappa shape index (κ1) is 15.0. The molecule has 0 amide bonds. The van der Waals surface area contributed by atoms with Crippen LogP contribution in [0.5, 0.6) is 0 Å². The van der Waals surface area contributed by atoms with E-state index in [1.54, 1.807) is 32.9 Å². The van der Waals surface area contributed by atoms with E-state index in [0.717, 1.165) is 6.07 Å². The third-order valence-corrected chi connectivity index (χ3v) is 2.74. The molecule has 0 aliphatic heterocycles. The van der Waals surface area contributed by atoms with Crippen molar-refractivity contribution in [3.8, 4) is 11.3 Å². The van der Waals surface area contributed by atoms with Crippen molar-refractivity contribution >= 4 is 12.4 Å². The number of benzene rings is 1. The van der Waals surface area contributed by atoms with Crippen LogP contribution in [0, 0.1) is 5.82 Å². The van der Waals surface area contributed by atoms with E-state index in [-0.39, 0.29) is 11.1 Å². The van der Waals surface area contributed by atoms with E-state index in [9.17, 15) is 14.0 Å². The molecule has 0 aliphatic carbocycles. The van der Waals surface area contributed by atoms with E-state index in [1.165, 1.54) is 22.9 Å². The Bertz CT molecular complexity index is 683. The zero-order valence-corrected chi connectivity index (χ0v) is 12.1. The average molecular weight is 289 g/mol. The zero-order valence-electron chi connectivity index (χ0n) is 12.1. The minimum absolute atomic E-state index is 0.233. The summed E-state index contributed by atoms with van der Waals surface area (Å²) >= 11 is 0. The number of rotatable bonds is 2. The van der Waals surface area contributed by atoms with Gasteiger partial charge in [0.15, 0.2) is 0 Å². The minimum Gasteiger partial charge on any atom is -0.443 e. The van der Waals surface area contributed by atoms with Gasteiger partial charge in [-0.1, -0.05) is 6.07 Å². The number of hydrogen-bond acceptors (Lipinski definition) is 3. The highest BCUT2D eigenvalue weighted by molar-refractivity contribution is 5.81. The summed E-state index contributed by atoms with van der Waals surface area (Å²) in [5, 5.41) is 0. The quantitative estimate of drug-likeness (QED) is 0.788. The van der Waals surface area contributed by atoms with E-state index < -0.39 is 17.5 Å². The van der Waals surface area contributed by atoms with Gasteiger partial charge in [0.25, 0.3) is 0 Å². The van der Waals surface area contributed by atoms with Gasteiger partial charge in [0.05, 0.1) is 5.69 Å².